The van der Waals surface area contributed by atoms with Gasteiger partial charge in [0, 0.05) is 63.1 Å². The highest BCUT2D eigenvalue weighted by atomic mass is 32.2. The molecule has 1 aromatic carbocycles. The molecule has 1 aliphatic heterocycles. The summed E-state index contributed by atoms with van der Waals surface area (Å²) in [6, 6.07) is 9.91. The minimum atomic E-state index is -0.316. The van der Waals surface area contributed by atoms with Gasteiger partial charge in [0.2, 0.25) is 5.91 Å². The molecule has 1 aromatic heterocycles. The maximum absolute atomic E-state index is 12.9. The van der Waals surface area contributed by atoms with Crippen LogP contribution >= 0.6 is 11.8 Å². The van der Waals surface area contributed by atoms with E-state index in [9.17, 15) is 14.4 Å². The molecule has 0 unspecified atom stereocenters. The van der Waals surface area contributed by atoms with Gasteiger partial charge in [-0.05, 0) is 25.8 Å². The molecular weight excluding hydrogens is 440 g/mol. The zero-order valence-electron chi connectivity index (χ0n) is 19.6. The quantitative estimate of drug-likeness (QED) is 0.334. The lowest BCUT2D eigenvalue weighted by molar-refractivity contribution is -0.132. The predicted octanol–water partition coefficient (Wildman–Crippen LogP) is 2.85. The summed E-state index contributed by atoms with van der Waals surface area (Å²) in [6.07, 6.45) is 1.38. The number of ether oxygens (including phenoxy) is 1. The van der Waals surface area contributed by atoms with E-state index in [1.54, 1.807) is 28.3 Å². The van der Waals surface area contributed by atoms with Crippen molar-refractivity contribution in [3.8, 4) is 0 Å². The first-order valence-electron chi connectivity index (χ1n) is 11.3. The molecule has 1 fully saturated rings. The molecule has 0 spiro atoms. The van der Waals surface area contributed by atoms with Crippen LogP contribution in [0, 0.1) is 6.92 Å². The second-order valence-corrected chi connectivity index (χ2v) is 9.07. The van der Waals surface area contributed by atoms with E-state index >= 15 is 0 Å². The van der Waals surface area contributed by atoms with E-state index in [1.807, 2.05) is 37.3 Å². The van der Waals surface area contributed by atoms with Crippen molar-refractivity contribution < 1.29 is 14.3 Å². The normalized spacial score (nSPS) is 13.8. The first kappa shape index (κ1) is 24.8. The zero-order chi connectivity index (χ0) is 23.8. The molecule has 2 amide bonds. The fourth-order valence-corrected chi connectivity index (χ4v) is 4.71. The first-order chi connectivity index (χ1) is 15.9. The van der Waals surface area contributed by atoms with Gasteiger partial charge >= 0.3 is 6.09 Å². The molecule has 2 aromatic rings. The van der Waals surface area contributed by atoms with Crippen LogP contribution < -0.4 is 5.56 Å². The Kier molecular flexibility index (Phi) is 8.94. The molecular formula is C24H32N4O4S. The van der Waals surface area contributed by atoms with Crippen molar-refractivity contribution in [2.45, 2.75) is 38.3 Å². The van der Waals surface area contributed by atoms with Crippen LogP contribution in [-0.4, -0.2) is 69.9 Å². The van der Waals surface area contributed by atoms with E-state index in [0.29, 0.717) is 68.5 Å². The molecule has 1 saturated heterocycles. The van der Waals surface area contributed by atoms with E-state index in [1.165, 1.54) is 11.8 Å². The number of aryl methyl sites for hydroxylation is 1. The molecule has 0 saturated carbocycles. The van der Waals surface area contributed by atoms with Crippen molar-refractivity contribution in [1.29, 1.82) is 0 Å². The predicted molar refractivity (Wildman–Crippen MR) is 129 cm³/mol. The number of aromatic nitrogens is 2. The van der Waals surface area contributed by atoms with Crippen LogP contribution in [0.3, 0.4) is 0 Å². The molecule has 0 aliphatic carbocycles. The highest BCUT2D eigenvalue weighted by Gasteiger charge is 2.24. The Morgan fingerprint density at radius 3 is 2.42 bits per heavy atom. The van der Waals surface area contributed by atoms with Crippen molar-refractivity contribution in [1.82, 2.24) is 19.4 Å². The summed E-state index contributed by atoms with van der Waals surface area (Å²) in [6.45, 7) is 6.07. The first-order valence-corrected chi connectivity index (χ1v) is 12.3. The Labute approximate surface area is 198 Å². The fraction of sp³-hybridized carbons (Fsp3) is 0.500. The summed E-state index contributed by atoms with van der Waals surface area (Å²) in [7, 11) is 1.75. The van der Waals surface area contributed by atoms with Gasteiger partial charge < -0.3 is 14.5 Å². The number of rotatable bonds is 8. The molecule has 1 aliphatic rings. The number of piperazine rings is 1. The van der Waals surface area contributed by atoms with Crippen LogP contribution in [0.4, 0.5) is 4.79 Å². The second kappa shape index (κ2) is 11.9. The van der Waals surface area contributed by atoms with Gasteiger partial charge in [0.25, 0.3) is 5.56 Å². The molecule has 3 rings (SSSR count). The maximum atomic E-state index is 12.9. The van der Waals surface area contributed by atoms with Crippen LogP contribution in [0.1, 0.15) is 36.6 Å². The lowest BCUT2D eigenvalue weighted by Crippen LogP contribution is -2.50. The van der Waals surface area contributed by atoms with E-state index in [4.69, 9.17) is 4.74 Å². The summed E-state index contributed by atoms with van der Waals surface area (Å²) in [4.78, 5) is 45.3. The molecule has 0 atom stereocenters. The molecule has 0 radical (unpaired) electrons. The lowest BCUT2D eigenvalue weighted by Gasteiger charge is -2.34. The summed E-state index contributed by atoms with van der Waals surface area (Å²) < 4.78 is 6.62. The Bertz CT molecular complexity index is 1020. The van der Waals surface area contributed by atoms with Gasteiger partial charge in [-0.3, -0.25) is 14.2 Å². The maximum Gasteiger partial charge on any atom is 0.409 e. The van der Waals surface area contributed by atoms with Gasteiger partial charge in [-0.15, -0.1) is 0 Å². The zero-order valence-corrected chi connectivity index (χ0v) is 20.4. The van der Waals surface area contributed by atoms with Crippen LogP contribution in [0.2, 0.25) is 0 Å². The molecule has 33 heavy (non-hydrogen) atoms. The third kappa shape index (κ3) is 6.60. The number of hydrogen-bond acceptors (Lipinski definition) is 6. The Morgan fingerprint density at radius 1 is 1.09 bits per heavy atom. The van der Waals surface area contributed by atoms with E-state index in [-0.39, 0.29) is 17.6 Å². The average molecular weight is 473 g/mol. The average Bonchev–Trinajstić information content (AvgIpc) is 2.83. The van der Waals surface area contributed by atoms with E-state index in [0.717, 1.165) is 11.3 Å². The summed E-state index contributed by atoms with van der Waals surface area (Å²) >= 11 is 1.50. The van der Waals surface area contributed by atoms with Gasteiger partial charge in [-0.2, -0.15) is 0 Å². The minimum Gasteiger partial charge on any atom is -0.450 e. The Balaban J connectivity index is 1.47. The highest BCUT2D eigenvalue weighted by molar-refractivity contribution is 7.99. The van der Waals surface area contributed by atoms with Crippen LogP contribution in [0.25, 0.3) is 0 Å². The number of amides is 2. The Hall–Kier alpha value is -2.81. The topological polar surface area (TPSA) is 84.7 Å². The third-order valence-corrected chi connectivity index (χ3v) is 6.81. The lowest BCUT2D eigenvalue weighted by atomic mass is 10.1. The SMILES string of the molecule is CCOC(=O)N1CCN(C(=O)CCCSc2nc(C)c(Cc3ccccc3)c(=O)n2C)CC1. The van der Waals surface area contributed by atoms with E-state index in [2.05, 4.69) is 4.98 Å². The van der Waals surface area contributed by atoms with Crippen molar-refractivity contribution in [3.05, 3.63) is 57.5 Å². The van der Waals surface area contributed by atoms with Crippen LogP contribution in [0.15, 0.2) is 40.3 Å². The molecule has 178 valence electrons. The number of thioether (sulfide) groups is 1. The Morgan fingerprint density at radius 2 is 1.76 bits per heavy atom. The number of benzene rings is 1. The molecule has 0 N–H and O–H groups in total. The number of carbonyl (C=O) groups excluding carboxylic acids is 2. The van der Waals surface area contributed by atoms with Crippen molar-refractivity contribution in [2.75, 3.05) is 38.5 Å². The van der Waals surface area contributed by atoms with Gasteiger partial charge in [0.05, 0.1) is 6.61 Å². The molecule has 0 bridgehead atoms. The van der Waals surface area contributed by atoms with Gasteiger partial charge in [-0.1, -0.05) is 42.1 Å². The van der Waals surface area contributed by atoms with Crippen molar-refractivity contribution >= 4 is 23.8 Å². The summed E-state index contributed by atoms with van der Waals surface area (Å²) in [5.74, 6) is 0.794. The molecule has 8 nitrogen and oxygen atoms in total. The smallest absolute Gasteiger partial charge is 0.409 e. The summed E-state index contributed by atoms with van der Waals surface area (Å²) in [5, 5.41) is 0.671. The highest BCUT2D eigenvalue weighted by Crippen LogP contribution is 2.18. The van der Waals surface area contributed by atoms with Crippen molar-refractivity contribution in [2.24, 2.45) is 7.05 Å². The number of hydrogen-bond donors (Lipinski definition) is 0. The van der Waals surface area contributed by atoms with Gasteiger partial charge in [0.15, 0.2) is 5.16 Å². The largest absolute Gasteiger partial charge is 0.450 e. The summed E-state index contributed by atoms with van der Waals surface area (Å²) in [5.41, 5.74) is 2.52. The molecule has 9 heteroatoms. The monoisotopic (exact) mass is 472 g/mol. The number of nitrogens with zero attached hydrogens (tertiary/aromatic N) is 4. The third-order valence-electron chi connectivity index (χ3n) is 5.70. The fourth-order valence-electron chi connectivity index (χ4n) is 3.76. The number of carbonyl (C=O) groups is 2. The van der Waals surface area contributed by atoms with Crippen LogP contribution in [-0.2, 0) is 23.0 Å². The minimum absolute atomic E-state index is 0.0237. The van der Waals surface area contributed by atoms with Gasteiger partial charge in [-0.25, -0.2) is 9.78 Å². The van der Waals surface area contributed by atoms with Crippen molar-refractivity contribution in [3.63, 3.8) is 0 Å². The molecule has 2 heterocycles. The van der Waals surface area contributed by atoms with E-state index < -0.39 is 0 Å². The van der Waals surface area contributed by atoms with Crippen LogP contribution in [0.5, 0.6) is 0 Å². The van der Waals surface area contributed by atoms with Gasteiger partial charge in [0.1, 0.15) is 0 Å². The standard InChI is InChI=1S/C24H32N4O4S/c1-4-32-24(31)28-14-12-27(13-15-28)21(29)11-8-16-33-23-25-18(2)20(22(30)26(23)3)17-19-9-6-5-7-10-19/h5-7,9-10H,4,8,11-17H2,1-3H3. The second-order valence-electron chi connectivity index (χ2n) is 8.00.